The third kappa shape index (κ3) is 4.24. The number of carbonyl (C=O) groups excluding carboxylic acids is 2. The number of aromatic nitrogens is 1. The average molecular weight is 331 g/mol. The van der Waals surface area contributed by atoms with Crippen molar-refractivity contribution < 1.29 is 19.1 Å². The molecule has 1 aliphatic rings. The number of aryl methyl sites for hydroxylation is 1. The number of nitrogens with zero attached hydrogens (tertiary/aromatic N) is 2. The fourth-order valence-corrected chi connectivity index (χ4v) is 2.75. The molecule has 128 valence electrons. The second kappa shape index (κ2) is 7.79. The monoisotopic (exact) mass is 331 g/mol. The normalized spacial score (nSPS) is 17.5. The molecule has 0 saturated carbocycles. The van der Waals surface area contributed by atoms with Crippen LogP contribution in [0.25, 0.3) is 6.08 Å². The van der Waals surface area contributed by atoms with Gasteiger partial charge in [-0.1, -0.05) is 0 Å². The van der Waals surface area contributed by atoms with Gasteiger partial charge in [0.15, 0.2) is 6.61 Å². The van der Waals surface area contributed by atoms with Crippen molar-refractivity contribution in [2.45, 2.75) is 39.3 Å². The minimum Gasteiger partial charge on any atom is -0.451 e. The molecule has 1 fully saturated rings. The Bertz CT molecular complexity index is 706. The Hall–Kier alpha value is -2.59. The predicted molar refractivity (Wildman–Crippen MR) is 86.6 cm³/mol. The molecular weight excluding hydrogens is 310 g/mol. The summed E-state index contributed by atoms with van der Waals surface area (Å²) in [6.45, 7) is 4.89. The van der Waals surface area contributed by atoms with Gasteiger partial charge in [-0.2, -0.15) is 5.26 Å². The molecule has 2 rings (SSSR count). The van der Waals surface area contributed by atoms with Crippen LogP contribution in [0.5, 0.6) is 0 Å². The van der Waals surface area contributed by atoms with Crippen molar-refractivity contribution in [1.29, 1.82) is 5.26 Å². The lowest BCUT2D eigenvalue weighted by Gasteiger charge is -2.14. The van der Waals surface area contributed by atoms with Gasteiger partial charge in [-0.3, -0.25) is 4.79 Å². The Morgan fingerprint density at radius 3 is 2.88 bits per heavy atom. The van der Waals surface area contributed by atoms with Gasteiger partial charge in [-0.15, -0.1) is 0 Å². The number of hydrogen-bond donors (Lipinski definition) is 1. The molecule has 0 aromatic carbocycles. The quantitative estimate of drug-likeness (QED) is 0.479. The summed E-state index contributed by atoms with van der Waals surface area (Å²) in [7, 11) is 0. The maximum absolute atomic E-state index is 11.8. The van der Waals surface area contributed by atoms with Crippen LogP contribution in [0.2, 0.25) is 0 Å². The highest BCUT2D eigenvalue weighted by molar-refractivity contribution is 5.98. The van der Waals surface area contributed by atoms with Gasteiger partial charge in [0.25, 0.3) is 5.91 Å². The SMILES string of the molecule is Cc1cc(/C=C(\C#N)C(=O)OCC(N)=O)c(C)n1C[C@@H]1CCCO1. The van der Waals surface area contributed by atoms with Crippen molar-refractivity contribution in [1.82, 2.24) is 4.57 Å². The fourth-order valence-electron chi connectivity index (χ4n) is 2.75. The lowest BCUT2D eigenvalue weighted by Crippen LogP contribution is -2.21. The maximum Gasteiger partial charge on any atom is 0.349 e. The number of carbonyl (C=O) groups is 2. The Balaban J connectivity index is 2.19. The van der Waals surface area contributed by atoms with E-state index in [9.17, 15) is 9.59 Å². The smallest absolute Gasteiger partial charge is 0.349 e. The summed E-state index contributed by atoms with van der Waals surface area (Å²) >= 11 is 0. The van der Waals surface area contributed by atoms with E-state index < -0.39 is 18.5 Å². The van der Waals surface area contributed by atoms with Gasteiger partial charge in [0.05, 0.1) is 6.10 Å². The van der Waals surface area contributed by atoms with Crippen LogP contribution in [0, 0.1) is 25.2 Å². The standard InChI is InChI=1S/C17H21N3O4/c1-11-6-13(7-14(8-18)17(22)24-10-16(19)21)12(2)20(11)9-15-4-3-5-23-15/h6-7,15H,3-5,9-10H2,1-2H3,(H2,19,21)/b14-7+/t15-/m0/s1. The molecule has 0 spiro atoms. The third-order valence-corrected chi connectivity index (χ3v) is 4.01. The van der Waals surface area contributed by atoms with Gasteiger partial charge >= 0.3 is 5.97 Å². The number of ether oxygens (including phenoxy) is 2. The van der Waals surface area contributed by atoms with E-state index in [0.29, 0.717) is 0 Å². The summed E-state index contributed by atoms with van der Waals surface area (Å²) in [6, 6.07) is 3.71. The number of nitriles is 1. The number of esters is 1. The minimum atomic E-state index is -0.861. The largest absolute Gasteiger partial charge is 0.451 e. The van der Waals surface area contributed by atoms with Gasteiger partial charge in [-0.05, 0) is 44.4 Å². The first-order valence-electron chi connectivity index (χ1n) is 7.78. The lowest BCUT2D eigenvalue weighted by atomic mass is 10.1. The highest BCUT2D eigenvalue weighted by atomic mass is 16.5. The van der Waals surface area contributed by atoms with Crippen molar-refractivity contribution in [3.63, 3.8) is 0 Å². The first kappa shape index (κ1) is 17.8. The van der Waals surface area contributed by atoms with E-state index >= 15 is 0 Å². The van der Waals surface area contributed by atoms with E-state index in [4.69, 9.17) is 15.7 Å². The van der Waals surface area contributed by atoms with E-state index in [2.05, 4.69) is 9.30 Å². The first-order valence-corrected chi connectivity index (χ1v) is 7.78. The highest BCUT2D eigenvalue weighted by Crippen LogP contribution is 2.22. The Labute approximate surface area is 140 Å². The maximum atomic E-state index is 11.8. The first-order chi connectivity index (χ1) is 11.4. The van der Waals surface area contributed by atoms with E-state index in [0.717, 1.165) is 42.9 Å². The number of rotatable bonds is 6. The van der Waals surface area contributed by atoms with Gasteiger partial charge in [-0.25, -0.2) is 4.79 Å². The minimum absolute atomic E-state index is 0.173. The Morgan fingerprint density at radius 1 is 1.54 bits per heavy atom. The van der Waals surface area contributed by atoms with Crippen LogP contribution in [0.3, 0.4) is 0 Å². The fraction of sp³-hybridized carbons (Fsp3) is 0.471. The van der Waals surface area contributed by atoms with Crippen LogP contribution in [0.15, 0.2) is 11.6 Å². The third-order valence-electron chi connectivity index (χ3n) is 4.01. The Kier molecular flexibility index (Phi) is 5.77. The van der Waals surface area contributed by atoms with Crippen molar-refractivity contribution in [2.75, 3.05) is 13.2 Å². The lowest BCUT2D eigenvalue weighted by molar-refractivity contribution is -0.143. The van der Waals surface area contributed by atoms with E-state index in [1.54, 1.807) is 6.07 Å². The number of nitrogens with two attached hydrogens (primary N) is 1. The molecule has 1 aliphatic heterocycles. The molecule has 0 aliphatic carbocycles. The molecule has 0 unspecified atom stereocenters. The summed E-state index contributed by atoms with van der Waals surface area (Å²) in [4.78, 5) is 22.5. The molecule has 1 atom stereocenters. The summed E-state index contributed by atoms with van der Waals surface area (Å²) in [5.41, 5.74) is 7.48. The predicted octanol–water partition coefficient (Wildman–Crippen LogP) is 1.22. The summed E-state index contributed by atoms with van der Waals surface area (Å²) in [5, 5.41) is 9.16. The van der Waals surface area contributed by atoms with E-state index in [1.807, 2.05) is 19.9 Å². The van der Waals surface area contributed by atoms with Crippen LogP contribution in [-0.4, -0.2) is 35.8 Å². The molecule has 24 heavy (non-hydrogen) atoms. The molecule has 0 radical (unpaired) electrons. The molecule has 7 nitrogen and oxygen atoms in total. The van der Waals surface area contributed by atoms with Crippen LogP contribution >= 0.6 is 0 Å². The second-order valence-electron chi connectivity index (χ2n) is 5.78. The number of primary amides is 1. The topological polar surface area (TPSA) is 107 Å². The molecule has 1 saturated heterocycles. The van der Waals surface area contributed by atoms with E-state index in [1.165, 1.54) is 6.08 Å². The zero-order valence-electron chi connectivity index (χ0n) is 13.9. The van der Waals surface area contributed by atoms with Gasteiger partial charge in [0.2, 0.25) is 0 Å². The van der Waals surface area contributed by atoms with Gasteiger partial charge < -0.3 is 19.8 Å². The summed E-state index contributed by atoms with van der Waals surface area (Å²) < 4.78 is 12.5. The van der Waals surface area contributed by atoms with Crippen LogP contribution < -0.4 is 5.73 Å². The Morgan fingerprint density at radius 2 is 2.29 bits per heavy atom. The zero-order valence-corrected chi connectivity index (χ0v) is 13.9. The van der Waals surface area contributed by atoms with Gasteiger partial charge in [0.1, 0.15) is 11.6 Å². The van der Waals surface area contributed by atoms with Crippen molar-refractivity contribution in [3.8, 4) is 6.07 Å². The molecule has 1 amide bonds. The number of amides is 1. The van der Waals surface area contributed by atoms with Crippen molar-refractivity contribution in [2.24, 2.45) is 5.73 Å². The molecule has 1 aromatic rings. The number of hydrogen-bond acceptors (Lipinski definition) is 5. The van der Waals surface area contributed by atoms with Crippen molar-refractivity contribution in [3.05, 3.63) is 28.6 Å². The van der Waals surface area contributed by atoms with Crippen LogP contribution in [0.1, 0.15) is 29.8 Å². The average Bonchev–Trinajstić information content (AvgIpc) is 3.14. The highest BCUT2D eigenvalue weighted by Gasteiger charge is 2.19. The molecule has 2 N–H and O–H groups in total. The molecule has 0 bridgehead atoms. The molecule has 1 aromatic heterocycles. The van der Waals surface area contributed by atoms with E-state index in [-0.39, 0.29) is 11.7 Å². The summed E-state index contributed by atoms with van der Waals surface area (Å²) in [5.74, 6) is -1.63. The van der Waals surface area contributed by atoms with Crippen LogP contribution in [-0.2, 0) is 25.6 Å². The molecule has 7 heteroatoms. The van der Waals surface area contributed by atoms with Gasteiger partial charge in [0, 0.05) is 24.5 Å². The molecule has 2 heterocycles. The summed E-state index contributed by atoms with van der Waals surface area (Å²) in [6.07, 6.45) is 3.77. The zero-order chi connectivity index (χ0) is 17.7. The molecular formula is C17H21N3O4. The van der Waals surface area contributed by atoms with Crippen molar-refractivity contribution >= 4 is 18.0 Å². The second-order valence-corrected chi connectivity index (χ2v) is 5.78. The van der Waals surface area contributed by atoms with Crippen LogP contribution in [0.4, 0.5) is 0 Å².